The summed E-state index contributed by atoms with van der Waals surface area (Å²) < 4.78 is 7.65. The van der Waals surface area contributed by atoms with Gasteiger partial charge in [-0.3, -0.25) is 4.79 Å². The molecule has 3 heterocycles. The van der Waals surface area contributed by atoms with Gasteiger partial charge in [-0.05, 0) is 37.1 Å². The van der Waals surface area contributed by atoms with Crippen LogP contribution in [0.1, 0.15) is 23.2 Å². The number of nitrogen functional groups attached to an aromatic ring is 1. The van der Waals surface area contributed by atoms with Crippen LogP contribution in [0.4, 0.5) is 11.5 Å². The van der Waals surface area contributed by atoms with Gasteiger partial charge in [0.05, 0.1) is 23.7 Å². The van der Waals surface area contributed by atoms with Gasteiger partial charge < -0.3 is 20.4 Å². The highest BCUT2D eigenvalue weighted by molar-refractivity contribution is 6.16. The lowest BCUT2D eigenvalue weighted by atomic mass is 10.2. The van der Waals surface area contributed by atoms with Gasteiger partial charge in [-0.1, -0.05) is 30.3 Å². The molecule has 2 aromatic heterocycles. The lowest BCUT2D eigenvalue weighted by Crippen LogP contribution is -2.18. The van der Waals surface area contributed by atoms with Crippen LogP contribution in [0.3, 0.4) is 0 Å². The standard InChI is InChI=1S/C22H21N5O2/c23-20-18(22(28)24-14-7-2-1-3-8-14)19-21(27(20)13-15-9-6-12-29-15)26-17-11-5-4-10-16(17)25-19/h1-5,7-8,10-11,15H,6,9,12-13,23H2,(H,24,28)/t15-/m1/s1. The molecule has 4 aromatic rings. The van der Waals surface area contributed by atoms with Gasteiger partial charge in [0.25, 0.3) is 5.91 Å². The fraction of sp³-hybridized carbons (Fsp3) is 0.227. The monoisotopic (exact) mass is 387 g/mol. The summed E-state index contributed by atoms with van der Waals surface area (Å²) in [4.78, 5) is 22.6. The second-order valence-corrected chi connectivity index (χ2v) is 7.21. The first-order valence-electron chi connectivity index (χ1n) is 9.73. The zero-order chi connectivity index (χ0) is 19.8. The molecule has 0 unspecified atom stereocenters. The molecule has 29 heavy (non-hydrogen) atoms. The minimum absolute atomic E-state index is 0.0613. The van der Waals surface area contributed by atoms with Crippen molar-refractivity contribution in [1.29, 1.82) is 0 Å². The average molecular weight is 387 g/mol. The number of fused-ring (bicyclic) bond motifs is 2. The molecule has 5 rings (SSSR count). The van der Waals surface area contributed by atoms with E-state index in [4.69, 9.17) is 20.4 Å². The maximum Gasteiger partial charge on any atom is 0.261 e. The summed E-state index contributed by atoms with van der Waals surface area (Å²) in [5.74, 6) is 0.0635. The number of hydrogen-bond donors (Lipinski definition) is 2. The van der Waals surface area contributed by atoms with Crippen molar-refractivity contribution in [3.63, 3.8) is 0 Å². The molecule has 1 fully saturated rings. The normalized spacial score (nSPS) is 16.5. The topological polar surface area (TPSA) is 95.1 Å². The second-order valence-electron chi connectivity index (χ2n) is 7.21. The van der Waals surface area contributed by atoms with Crippen molar-refractivity contribution < 1.29 is 9.53 Å². The van der Waals surface area contributed by atoms with Crippen molar-refractivity contribution in [2.75, 3.05) is 17.7 Å². The van der Waals surface area contributed by atoms with Crippen LogP contribution in [-0.2, 0) is 11.3 Å². The first-order chi connectivity index (χ1) is 14.2. The summed E-state index contributed by atoms with van der Waals surface area (Å²) in [6, 6.07) is 16.9. The van der Waals surface area contributed by atoms with Gasteiger partial charge in [0.1, 0.15) is 16.9 Å². The molecule has 0 aliphatic carbocycles. The van der Waals surface area contributed by atoms with Crippen LogP contribution in [-0.4, -0.2) is 33.2 Å². The Kier molecular flexibility index (Phi) is 4.37. The van der Waals surface area contributed by atoms with Gasteiger partial charge in [0.2, 0.25) is 0 Å². The van der Waals surface area contributed by atoms with E-state index in [0.29, 0.717) is 34.8 Å². The number of benzene rings is 2. The molecule has 146 valence electrons. The van der Waals surface area contributed by atoms with Gasteiger partial charge in [-0.15, -0.1) is 0 Å². The Labute approximate surface area is 167 Å². The summed E-state index contributed by atoms with van der Waals surface area (Å²) in [6.45, 7) is 1.30. The molecule has 0 saturated carbocycles. The molecule has 1 aliphatic heterocycles. The van der Waals surface area contributed by atoms with Crippen molar-refractivity contribution in [1.82, 2.24) is 14.5 Å². The predicted octanol–water partition coefficient (Wildman–Crippen LogP) is 3.60. The van der Waals surface area contributed by atoms with Crippen LogP contribution < -0.4 is 11.1 Å². The Morgan fingerprint density at radius 2 is 1.83 bits per heavy atom. The molecular weight excluding hydrogens is 366 g/mol. The van der Waals surface area contributed by atoms with Crippen molar-refractivity contribution in [2.24, 2.45) is 0 Å². The number of amides is 1. The number of rotatable bonds is 4. The molecule has 0 bridgehead atoms. The lowest BCUT2D eigenvalue weighted by Gasteiger charge is -2.13. The zero-order valence-electron chi connectivity index (χ0n) is 15.8. The van der Waals surface area contributed by atoms with E-state index >= 15 is 0 Å². The van der Waals surface area contributed by atoms with Gasteiger partial charge in [0.15, 0.2) is 5.65 Å². The third-order valence-electron chi connectivity index (χ3n) is 5.26. The maximum absolute atomic E-state index is 13.1. The van der Waals surface area contributed by atoms with Crippen LogP contribution in [0.5, 0.6) is 0 Å². The molecule has 0 radical (unpaired) electrons. The molecule has 2 aromatic carbocycles. The smallest absolute Gasteiger partial charge is 0.261 e. The number of nitrogens with zero attached hydrogens (tertiary/aromatic N) is 3. The average Bonchev–Trinajstić information content (AvgIpc) is 3.34. The second kappa shape index (κ2) is 7.18. The van der Waals surface area contributed by atoms with Crippen LogP contribution in [0, 0.1) is 0 Å². The van der Waals surface area contributed by atoms with E-state index in [9.17, 15) is 4.79 Å². The van der Waals surface area contributed by atoms with Crippen LogP contribution in [0.25, 0.3) is 22.2 Å². The van der Waals surface area contributed by atoms with E-state index in [0.717, 1.165) is 30.5 Å². The van der Waals surface area contributed by atoms with Crippen molar-refractivity contribution >= 4 is 39.6 Å². The number of carbonyl (C=O) groups is 1. The fourth-order valence-corrected chi connectivity index (χ4v) is 3.83. The first-order valence-corrected chi connectivity index (χ1v) is 9.73. The van der Waals surface area contributed by atoms with Gasteiger partial charge in [0, 0.05) is 12.3 Å². The summed E-state index contributed by atoms with van der Waals surface area (Å²) in [5.41, 5.74) is 10.1. The van der Waals surface area contributed by atoms with Crippen LogP contribution in [0.2, 0.25) is 0 Å². The van der Waals surface area contributed by atoms with E-state index in [-0.39, 0.29) is 12.0 Å². The minimum Gasteiger partial charge on any atom is -0.384 e. The summed E-state index contributed by atoms with van der Waals surface area (Å²) in [7, 11) is 0. The third kappa shape index (κ3) is 3.19. The molecule has 0 spiro atoms. The van der Waals surface area contributed by atoms with Gasteiger partial charge >= 0.3 is 0 Å². The third-order valence-corrected chi connectivity index (χ3v) is 5.26. The Morgan fingerprint density at radius 1 is 1.10 bits per heavy atom. The first kappa shape index (κ1) is 17.6. The minimum atomic E-state index is -0.297. The molecule has 1 aliphatic rings. The zero-order valence-corrected chi connectivity index (χ0v) is 15.8. The highest BCUT2D eigenvalue weighted by Crippen LogP contribution is 2.30. The van der Waals surface area contributed by atoms with E-state index in [1.165, 1.54) is 0 Å². The number of carbonyl (C=O) groups excluding carboxylic acids is 1. The number of anilines is 2. The van der Waals surface area contributed by atoms with Gasteiger partial charge in [-0.2, -0.15) is 0 Å². The van der Waals surface area contributed by atoms with Crippen LogP contribution in [0.15, 0.2) is 54.6 Å². The molecule has 1 amide bonds. The maximum atomic E-state index is 13.1. The van der Waals surface area contributed by atoms with E-state index in [1.807, 2.05) is 59.2 Å². The molecule has 1 saturated heterocycles. The number of ether oxygens (including phenoxy) is 1. The van der Waals surface area contributed by atoms with Gasteiger partial charge in [-0.25, -0.2) is 9.97 Å². The van der Waals surface area contributed by atoms with E-state index in [1.54, 1.807) is 0 Å². The SMILES string of the molecule is Nc1c(C(=O)Nc2ccccc2)c2nc3ccccc3nc2n1C[C@H]1CCCO1. The quantitative estimate of drug-likeness (QED) is 0.558. The van der Waals surface area contributed by atoms with E-state index in [2.05, 4.69) is 5.32 Å². The largest absolute Gasteiger partial charge is 0.384 e. The number of para-hydroxylation sites is 3. The fourth-order valence-electron chi connectivity index (χ4n) is 3.83. The highest BCUT2D eigenvalue weighted by atomic mass is 16.5. The lowest BCUT2D eigenvalue weighted by molar-refractivity contribution is 0.0979. The number of hydrogen-bond acceptors (Lipinski definition) is 5. The van der Waals surface area contributed by atoms with Crippen LogP contribution >= 0.6 is 0 Å². The number of aromatic nitrogens is 3. The summed E-state index contributed by atoms with van der Waals surface area (Å²) in [5, 5.41) is 2.91. The predicted molar refractivity (Wildman–Crippen MR) is 113 cm³/mol. The Bertz CT molecular complexity index is 1200. The number of nitrogens with two attached hydrogens (primary N) is 1. The van der Waals surface area contributed by atoms with Crippen molar-refractivity contribution in [3.8, 4) is 0 Å². The Hall–Kier alpha value is -3.45. The molecule has 7 heteroatoms. The van der Waals surface area contributed by atoms with Crippen molar-refractivity contribution in [2.45, 2.75) is 25.5 Å². The highest BCUT2D eigenvalue weighted by Gasteiger charge is 2.26. The summed E-state index contributed by atoms with van der Waals surface area (Å²) >= 11 is 0. The molecule has 1 atom stereocenters. The Balaban J connectivity index is 1.65. The molecule has 7 nitrogen and oxygen atoms in total. The number of nitrogens with one attached hydrogen (secondary N) is 1. The summed E-state index contributed by atoms with van der Waals surface area (Å²) in [6.07, 6.45) is 2.05. The van der Waals surface area contributed by atoms with Crippen molar-refractivity contribution in [3.05, 3.63) is 60.2 Å². The Morgan fingerprint density at radius 3 is 2.55 bits per heavy atom. The van der Waals surface area contributed by atoms with E-state index < -0.39 is 0 Å². The molecule has 3 N–H and O–H groups in total. The molecular formula is C22H21N5O2.